The third kappa shape index (κ3) is 3.61. The van der Waals surface area contributed by atoms with Crippen molar-refractivity contribution in [2.75, 3.05) is 6.79 Å². The Morgan fingerprint density at radius 2 is 2.15 bits per heavy atom. The molecule has 2 aromatic rings. The van der Waals surface area contributed by atoms with Crippen LogP contribution in [-0.4, -0.2) is 16.8 Å². The number of thioether (sulfide) groups is 1. The summed E-state index contributed by atoms with van der Waals surface area (Å²) >= 11 is 13.1. The smallest absolute Gasteiger partial charge is 0.189 e. The van der Waals surface area contributed by atoms with Crippen LogP contribution in [0.3, 0.4) is 0 Å². The molecule has 1 N–H and O–H groups in total. The molecule has 4 nitrogen and oxygen atoms in total. The molecule has 0 amide bonds. The van der Waals surface area contributed by atoms with Gasteiger partial charge in [-0.15, -0.1) is 12.4 Å². The van der Waals surface area contributed by atoms with Crippen molar-refractivity contribution in [1.82, 2.24) is 9.97 Å². The second-order valence-corrected chi connectivity index (χ2v) is 5.66. The van der Waals surface area contributed by atoms with Crippen LogP contribution in [0.25, 0.3) is 0 Å². The van der Waals surface area contributed by atoms with Crippen molar-refractivity contribution >= 4 is 47.4 Å². The lowest BCUT2D eigenvalue weighted by Gasteiger charge is -2.27. The van der Waals surface area contributed by atoms with Crippen LogP contribution < -0.4 is 0 Å². The van der Waals surface area contributed by atoms with E-state index in [9.17, 15) is 0 Å². The zero-order valence-corrected chi connectivity index (χ0v) is 13.3. The van der Waals surface area contributed by atoms with Gasteiger partial charge in [0.1, 0.15) is 5.15 Å². The largest absolute Gasteiger partial charge is 0.323 e. The highest BCUT2D eigenvalue weighted by Crippen LogP contribution is 2.29. The first kappa shape index (κ1) is 15.9. The van der Waals surface area contributed by atoms with Crippen LogP contribution in [-0.2, 0) is 15.2 Å². The van der Waals surface area contributed by atoms with Crippen molar-refractivity contribution in [2.45, 2.75) is 17.2 Å². The second kappa shape index (κ2) is 7.02. The summed E-state index contributed by atoms with van der Waals surface area (Å²) in [6.45, 7) is 0.368. The van der Waals surface area contributed by atoms with Crippen LogP contribution in [0.4, 0.5) is 0 Å². The molecule has 3 rings (SSSR count). The molecule has 1 fully saturated rings. The number of imidazole rings is 1. The van der Waals surface area contributed by atoms with Gasteiger partial charge in [0.05, 0.1) is 0 Å². The SMILES string of the molecule is Cl.Clc1nc(SCc2cccc(C3OCO3)c2)[nH]c1Cl. The van der Waals surface area contributed by atoms with Gasteiger partial charge in [-0.2, -0.15) is 0 Å². The molecular weight excluding hydrogens is 343 g/mol. The fourth-order valence-corrected chi connectivity index (χ4v) is 2.87. The molecule has 20 heavy (non-hydrogen) atoms. The van der Waals surface area contributed by atoms with Crippen LogP contribution in [0, 0.1) is 0 Å². The van der Waals surface area contributed by atoms with Gasteiger partial charge < -0.3 is 14.5 Å². The number of nitrogens with one attached hydrogen (secondary N) is 1. The Balaban J connectivity index is 0.00000147. The van der Waals surface area contributed by atoms with Crippen LogP contribution in [0.15, 0.2) is 29.4 Å². The minimum atomic E-state index is -0.225. The van der Waals surface area contributed by atoms with Gasteiger partial charge in [0, 0.05) is 11.3 Å². The van der Waals surface area contributed by atoms with E-state index in [0.29, 0.717) is 22.3 Å². The predicted octanol–water partition coefficient (Wildman–Crippen LogP) is 4.43. The minimum Gasteiger partial charge on any atom is -0.323 e. The number of aromatic nitrogens is 2. The van der Waals surface area contributed by atoms with E-state index in [0.717, 1.165) is 16.9 Å². The highest BCUT2D eigenvalue weighted by atomic mass is 35.5. The van der Waals surface area contributed by atoms with Crippen molar-refractivity contribution in [1.29, 1.82) is 0 Å². The summed E-state index contributed by atoms with van der Waals surface area (Å²) in [5.41, 5.74) is 2.19. The molecule has 0 bridgehead atoms. The molecule has 8 heteroatoms. The fourth-order valence-electron chi connectivity index (χ4n) is 1.69. The lowest BCUT2D eigenvalue weighted by Crippen LogP contribution is -2.22. The summed E-state index contributed by atoms with van der Waals surface area (Å²) in [5.74, 6) is 0.765. The summed E-state index contributed by atoms with van der Waals surface area (Å²) in [7, 11) is 0. The summed E-state index contributed by atoms with van der Waals surface area (Å²) < 4.78 is 10.5. The van der Waals surface area contributed by atoms with E-state index in [-0.39, 0.29) is 18.7 Å². The van der Waals surface area contributed by atoms with E-state index in [1.54, 1.807) is 0 Å². The van der Waals surface area contributed by atoms with E-state index in [4.69, 9.17) is 32.7 Å². The number of halogens is 3. The first-order valence-corrected chi connectivity index (χ1v) is 7.32. The zero-order chi connectivity index (χ0) is 13.2. The Kier molecular flexibility index (Phi) is 5.60. The Labute approximate surface area is 136 Å². The van der Waals surface area contributed by atoms with Crippen molar-refractivity contribution in [3.63, 3.8) is 0 Å². The van der Waals surface area contributed by atoms with Gasteiger partial charge in [-0.3, -0.25) is 0 Å². The maximum absolute atomic E-state index is 5.81. The molecule has 0 aliphatic carbocycles. The molecule has 0 radical (unpaired) electrons. The Morgan fingerprint density at radius 1 is 1.35 bits per heavy atom. The van der Waals surface area contributed by atoms with Gasteiger partial charge in [0.25, 0.3) is 0 Å². The number of hydrogen-bond acceptors (Lipinski definition) is 4. The molecule has 1 aliphatic rings. The van der Waals surface area contributed by atoms with Crippen LogP contribution in [0.1, 0.15) is 17.4 Å². The molecule has 1 aromatic carbocycles. The quantitative estimate of drug-likeness (QED) is 0.826. The minimum absolute atomic E-state index is 0. The molecule has 1 aliphatic heterocycles. The number of benzene rings is 1. The average molecular weight is 354 g/mol. The zero-order valence-electron chi connectivity index (χ0n) is 10.1. The molecular formula is C12H11Cl3N2O2S. The predicted molar refractivity (Wildman–Crippen MR) is 81.6 cm³/mol. The number of H-pyrrole nitrogens is 1. The van der Waals surface area contributed by atoms with Crippen molar-refractivity contribution in [3.05, 3.63) is 45.7 Å². The standard InChI is InChI=1S/C12H10Cl2N2O2S.ClH/c13-9-10(14)16-12(15-9)19-5-7-2-1-3-8(4-7)11-17-6-18-11;/h1-4,11H,5-6H2,(H,15,16);1H. The van der Waals surface area contributed by atoms with Gasteiger partial charge in [-0.25, -0.2) is 4.98 Å². The number of aromatic amines is 1. The van der Waals surface area contributed by atoms with Crippen LogP contribution in [0.2, 0.25) is 10.3 Å². The van der Waals surface area contributed by atoms with Crippen molar-refractivity contribution < 1.29 is 9.47 Å². The average Bonchev–Trinajstić information content (AvgIpc) is 2.65. The Hall–Kier alpha value is -0.430. The lowest BCUT2D eigenvalue weighted by molar-refractivity contribution is -0.326. The highest BCUT2D eigenvalue weighted by molar-refractivity contribution is 7.98. The lowest BCUT2D eigenvalue weighted by atomic mass is 10.1. The van der Waals surface area contributed by atoms with Gasteiger partial charge in [0.2, 0.25) is 0 Å². The summed E-state index contributed by atoms with van der Waals surface area (Å²) in [5, 5.41) is 1.37. The highest BCUT2D eigenvalue weighted by Gasteiger charge is 2.20. The van der Waals surface area contributed by atoms with E-state index in [2.05, 4.69) is 16.0 Å². The van der Waals surface area contributed by atoms with Gasteiger partial charge in [-0.1, -0.05) is 53.2 Å². The Morgan fingerprint density at radius 3 is 2.75 bits per heavy atom. The van der Waals surface area contributed by atoms with Gasteiger partial charge in [-0.05, 0) is 11.6 Å². The summed E-state index contributed by atoms with van der Waals surface area (Å²) in [6.07, 6.45) is -0.225. The van der Waals surface area contributed by atoms with Crippen LogP contribution >= 0.6 is 47.4 Å². The van der Waals surface area contributed by atoms with E-state index in [1.807, 2.05) is 18.2 Å². The molecule has 0 unspecified atom stereocenters. The first-order chi connectivity index (χ1) is 9.22. The maximum Gasteiger partial charge on any atom is 0.189 e. The van der Waals surface area contributed by atoms with E-state index < -0.39 is 0 Å². The Bertz CT molecular complexity index is 570. The molecule has 1 saturated heterocycles. The van der Waals surface area contributed by atoms with E-state index >= 15 is 0 Å². The molecule has 0 atom stereocenters. The second-order valence-electron chi connectivity index (χ2n) is 3.96. The summed E-state index contributed by atoms with van der Waals surface area (Å²) in [4.78, 5) is 7.01. The number of ether oxygens (including phenoxy) is 2. The number of nitrogens with zero attached hydrogens (tertiary/aromatic N) is 1. The maximum atomic E-state index is 5.81. The number of rotatable bonds is 4. The molecule has 0 spiro atoms. The summed E-state index contributed by atoms with van der Waals surface area (Å²) in [6, 6.07) is 8.07. The van der Waals surface area contributed by atoms with Crippen LogP contribution in [0.5, 0.6) is 0 Å². The third-order valence-electron chi connectivity index (χ3n) is 2.64. The third-order valence-corrected chi connectivity index (χ3v) is 4.22. The molecule has 1 aromatic heterocycles. The monoisotopic (exact) mass is 352 g/mol. The first-order valence-electron chi connectivity index (χ1n) is 5.58. The van der Waals surface area contributed by atoms with E-state index in [1.165, 1.54) is 11.8 Å². The fraction of sp³-hybridized carbons (Fsp3) is 0.250. The molecule has 2 heterocycles. The van der Waals surface area contributed by atoms with Crippen molar-refractivity contribution in [3.8, 4) is 0 Å². The van der Waals surface area contributed by atoms with Gasteiger partial charge >= 0.3 is 0 Å². The topological polar surface area (TPSA) is 47.1 Å². The van der Waals surface area contributed by atoms with Gasteiger partial charge in [0.15, 0.2) is 23.4 Å². The molecule has 0 saturated carbocycles. The molecule has 108 valence electrons. The normalized spacial score (nSPS) is 14.7. The van der Waals surface area contributed by atoms with Crippen molar-refractivity contribution in [2.24, 2.45) is 0 Å². The number of hydrogen-bond donors (Lipinski definition) is 1.